The zero-order valence-electron chi connectivity index (χ0n) is 11.9. The van der Waals surface area contributed by atoms with Crippen molar-refractivity contribution in [1.29, 1.82) is 0 Å². The lowest BCUT2D eigenvalue weighted by Crippen LogP contribution is -2.34. The molecule has 1 aromatic rings. The van der Waals surface area contributed by atoms with Gasteiger partial charge in [0.25, 0.3) is 5.91 Å². The minimum Gasteiger partial charge on any atom is -0.342 e. The lowest BCUT2D eigenvalue weighted by Gasteiger charge is -2.22. The summed E-state index contributed by atoms with van der Waals surface area (Å²) in [6.45, 7) is 4.82. The number of halogens is 3. The average Bonchev–Trinajstić information content (AvgIpc) is 2.34. The number of hydrogen-bond acceptors (Lipinski definition) is 2. The molecular formula is C14H21BrCl2N2O. The van der Waals surface area contributed by atoms with E-state index in [9.17, 15) is 4.79 Å². The SMILES string of the molecule is CC(C)C(N)CCN(C)C(=O)c1ccc(Cl)cc1Br.Cl. The molecule has 1 amide bonds. The molecule has 1 unspecified atom stereocenters. The fraction of sp³-hybridized carbons (Fsp3) is 0.500. The van der Waals surface area contributed by atoms with Gasteiger partial charge in [-0.25, -0.2) is 0 Å². The van der Waals surface area contributed by atoms with Gasteiger partial charge >= 0.3 is 0 Å². The van der Waals surface area contributed by atoms with Gasteiger partial charge in [-0.05, 0) is 46.5 Å². The summed E-state index contributed by atoms with van der Waals surface area (Å²) in [7, 11) is 1.79. The minimum atomic E-state index is -0.0282. The van der Waals surface area contributed by atoms with Gasteiger partial charge in [0.1, 0.15) is 0 Å². The van der Waals surface area contributed by atoms with Crippen LogP contribution in [0.3, 0.4) is 0 Å². The monoisotopic (exact) mass is 382 g/mol. The summed E-state index contributed by atoms with van der Waals surface area (Å²) < 4.78 is 0.713. The van der Waals surface area contributed by atoms with Crippen molar-refractivity contribution in [2.75, 3.05) is 13.6 Å². The zero-order chi connectivity index (χ0) is 14.6. The molecule has 2 N–H and O–H groups in total. The summed E-state index contributed by atoms with van der Waals surface area (Å²) in [5.41, 5.74) is 6.60. The molecule has 0 radical (unpaired) electrons. The van der Waals surface area contributed by atoms with Crippen molar-refractivity contribution in [2.24, 2.45) is 11.7 Å². The first kappa shape index (κ1) is 19.7. The molecule has 1 aromatic carbocycles. The van der Waals surface area contributed by atoms with Crippen LogP contribution in [0.4, 0.5) is 0 Å². The van der Waals surface area contributed by atoms with Crippen molar-refractivity contribution in [3.05, 3.63) is 33.3 Å². The maximum absolute atomic E-state index is 12.3. The molecule has 0 fully saturated rings. The number of carbonyl (C=O) groups excluding carboxylic acids is 1. The van der Waals surface area contributed by atoms with E-state index in [1.54, 1.807) is 30.1 Å². The quantitative estimate of drug-likeness (QED) is 0.835. The number of nitrogens with two attached hydrogens (primary N) is 1. The van der Waals surface area contributed by atoms with Gasteiger partial charge in [0.05, 0.1) is 5.56 Å². The van der Waals surface area contributed by atoms with Crippen LogP contribution in [0.2, 0.25) is 5.02 Å². The average molecular weight is 384 g/mol. The van der Waals surface area contributed by atoms with Gasteiger partial charge < -0.3 is 10.6 Å². The highest BCUT2D eigenvalue weighted by atomic mass is 79.9. The Kier molecular flexibility index (Phi) is 8.75. The first-order valence-electron chi connectivity index (χ1n) is 6.29. The van der Waals surface area contributed by atoms with E-state index in [0.717, 1.165) is 6.42 Å². The Balaban J connectivity index is 0.00000361. The van der Waals surface area contributed by atoms with Crippen molar-refractivity contribution in [1.82, 2.24) is 4.90 Å². The van der Waals surface area contributed by atoms with Crippen LogP contribution in [0, 0.1) is 5.92 Å². The molecular weight excluding hydrogens is 363 g/mol. The van der Waals surface area contributed by atoms with Crippen LogP contribution in [0.5, 0.6) is 0 Å². The fourth-order valence-electron chi connectivity index (χ4n) is 1.65. The number of benzene rings is 1. The molecule has 1 rings (SSSR count). The van der Waals surface area contributed by atoms with E-state index in [4.69, 9.17) is 17.3 Å². The molecule has 0 saturated carbocycles. The largest absolute Gasteiger partial charge is 0.342 e. The number of carbonyl (C=O) groups is 1. The topological polar surface area (TPSA) is 46.3 Å². The van der Waals surface area contributed by atoms with Crippen LogP contribution in [0.25, 0.3) is 0 Å². The third-order valence-corrected chi connectivity index (χ3v) is 4.05. The summed E-state index contributed by atoms with van der Waals surface area (Å²) in [6, 6.07) is 5.28. The second-order valence-corrected chi connectivity index (χ2v) is 6.34. The minimum absolute atomic E-state index is 0. The van der Waals surface area contributed by atoms with Crippen molar-refractivity contribution < 1.29 is 4.79 Å². The van der Waals surface area contributed by atoms with E-state index < -0.39 is 0 Å². The maximum atomic E-state index is 12.3. The van der Waals surface area contributed by atoms with Crippen molar-refractivity contribution in [2.45, 2.75) is 26.3 Å². The zero-order valence-corrected chi connectivity index (χ0v) is 15.1. The van der Waals surface area contributed by atoms with Crippen LogP contribution in [0.15, 0.2) is 22.7 Å². The number of nitrogens with zero attached hydrogens (tertiary/aromatic N) is 1. The molecule has 0 saturated heterocycles. The van der Waals surface area contributed by atoms with Crippen molar-refractivity contribution >= 4 is 45.8 Å². The van der Waals surface area contributed by atoms with E-state index in [2.05, 4.69) is 29.8 Å². The lowest BCUT2D eigenvalue weighted by molar-refractivity contribution is 0.0788. The highest BCUT2D eigenvalue weighted by Crippen LogP contribution is 2.22. The molecule has 0 heterocycles. The predicted octanol–water partition coefficient (Wildman–Crippen LogP) is 3.97. The van der Waals surface area contributed by atoms with Crippen LogP contribution in [-0.2, 0) is 0 Å². The Labute approximate surface area is 140 Å². The molecule has 0 aliphatic rings. The van der Waals surface area contributed by atoms with Crippen LogP contribution < -0.4 is 5.73 Å². The Hall–Kier alpha value is -0.290. The molecule has 6 heteroatoms. The number of rotatable bonds is 5. The van der Waals surface area contributed by atoms with Crippen LogP contribution in [-0.4, -0.2) is 30.4 Å². The predicted molar refractivity (Wildman–Crippen MR) is 90.8 cm³/mol. The van der Waals surface area contributed by atoms with Gasteiger partial charge in [0, 0.05) is 29.1 Å². The van der Waals surface area contributed by atoms with Gasteiger partial charge in [0.2, 0.25) is 0 Å². The van der Waals surface area contributed by atoms with E-state index in [1.165, 1.54) is 0 Å². The third-order valence-electron chi connectivity index (χ3n) is 3.16. The van der Waals surface area contributed by atoms with Crippen molar-refractivity contribution in [3.8, 4) is 0 Å². The highest BCUT2D eigenvalue weighted by Gasteiger charge is 2.16. The van der Waals surface area contributed by atoms with E-state index in [0.29, 0.717) is 27.5 Å². The van der Waals surface area contributed by atoms with Gasteiger partial charge in [0.15, 0.2) is 0 Å². The van der Waals surface area contributed by atoms with Gasteiger partial charge in [-0.15, -0.1) is 12.4 Å². The smallest absolute Gasteiger partial charge is 0.254 e. The molecule has 0 spiro atoms. The third kappa shape index (κ3) is 5.60. The molecule has 1 atom stereocenters. The summed E-state index contributed by atoms with van der Waals surface area (Å²) in [4.78, 5) is 14.0. The molecule has 0 aliphatic heterocycles. The molecule has 0 aromatic heterocycles. The summed E-state index contributed by atoms with van der Waals surface area (Å²) in [5.74, 6) is 0.394. The molecule has 0 bridgehead atoms. The van der Waals surface area contributed by atoms with E-state index in [1.807, 2.05) is 0 Å². The molecule has 0 aliphatic carbocycles. The van der Waals surface area contributed by atoms with E-state index in [-0.39, 0.29) is 24.4 Å². The summed E-state index contributed by atoms with van der Waals surface area (Å²) >= 11 is 9.23. The van der Waals surface area contributed by atoms with Crippen LogP contribution in [0.1, 0.15) is 30.6 Å². The lowest BCUT2D eigenvalue weighted by atomic mass is 10.0. The second-order valence-electron chi connectivity index (χ2n) is 5.05. The summed E-state index contributed by atoms with van der Waals surface area (Å²) in [5, 5.41) is 0.605. The highest BCUT2D eigenvalue weighted by molar-refractivity contribution is 9.10. The Bertz CT molecular complexity index is 455. The molecule has 114 valence electrons. The standard InChI is InChI=1S/C14H20BrClN2O.ClH/c1-9(2)13(17)6-7-18(3)14(19)11-5-4-10(16)8-12(11)15;/h4-5,8-9,13H,6-7,17H2,1-3H3;1H. The number of amides is 1. The molecule has 3 nitrogen and oxygen atoms in total. The Morgan fingerprint density at radius 1 is 1.45 bits per heavy atom. The first-order valence-corrected chi connectivity index (χ1v) is 7.46. The van der Waals surface area contributed by atoms with Crippen LogP contribution >= 0.6 is 39.9 Å². The molecule has 20 heavy (non-hydrogen) atoms. The van der Waals surface area contributed by atoms with Gasteiger partial charge in [-0.1, -0.05) is 25.4 Å². The maximum Gasteiger partial charge on any atom is 0.254 e. The van der Waals surface area contributed by atoms with Crippen molar-refractivity contribution in [3.63, 3.8) is 0 Å². The number of hydrogen-bond donors (Lipinski definition) is 1. The summed E-state index contributed by atoms with van der Waals surface area (Å²) in [6.07, 6.45) is 0.797. The Morgan fingerprint density at radius 3 is 2.55 bits per heavy atom. The van der Waals surface area contributed by atoms with Gasteiger partial charge in [-0.2, -0.15) is 0 Å². The first-order chi connectivity index (χ1) is 8.82. The normalized spacial score (nSPS) is 11.9. The second kappa shape index (κ2) is 8.88. The Morgan fingerprint density at radius 2 is 2.05 bits per heavy atom. The van der Waals surface area contributed by atoms with E-state index >= 15 is 0 Å². The van der Waals surface area contributed by atoms with Gasteiger partial charge in [-0.3, -0.25) is 4.79 Å². The fourth-order valence-corrected chi connectivity index (χ4v) is 2.50.